The van der Waals surface area contributed by atoms with Gasteiger partial charge in [0.25, 0.3) is 11.6 Å². The molecule has 11 nitrogen and oxygen atoms in total. The second kappa shape index (κ2) is 8.87. The van der Waals surface area contributed by atoms with Crippen LogP contribution in [0.1, 0.15) is 16.2 Å². The second-order valence-corrected chi connectivity index (χ2v) is 9.39. The van der Waals surface area contributed by atoms with E-state index in [1.54, 1.807) is 13.0 Å². The van der Waals surface area contributed by atoms with Gasteiger partial charge in [-0.1, -0.05) is 11.3 Å². The zero-order chi connectivity index (χ0) is 24.6. The van der Waals surface area contributed by atoms with Crippen molar-refractivity contribution in [1.29, 1.82) is 0 Å². The Labute approximate surface area is 192 Å². The first-order valence-corrected chi connectivity index (χ1v) is 11.4. The molecule has 0 spiro atoms. The van der Waals surface area contributed by atoms with Gasteiger partial charge in [0.1, 0.15) is 16.5 Å². The maximum Gasteiger partial charge on any atom is 0.276 e. The summed E-state index contributed by atoms with van der Waals surface area (Å²) < 4.78 is 55.0. The van der Waals surface area contributed by atoms with Gasteiger partial charge >= 0.3 is 0 Å². The Hall–Kier alpha value is -3.78. The number of rotatable bonds is 5. The summed E-state index contributed by atoms with van der Waals surface area (Å²) in [6.07, 6.45) is 0. The molecular formula is C20H18F2N6O5S. The van der Waals surface area contributed by atoms with E-state index in [4.69, 9.17) is 0 Å². The molecule has 1 aromatic heterocycles. The highest BCUT2D eigenvalue weighted by molar-refractivity contribution is 7.89. The third-order valence-corrected chi connectivity index (χ3v) is 7.35. The smallest absolute Gasteiger partial charge is 0.276 e. The quantitative estimate of drug-likeness (QED) is 0.393. The second-order valence-electron chi connectivity index (χ2n) is 7.48. The van der Waals surface area contributed by atoms with E-state index in [0.29, 0.717) is 17.4 Å². The SMILES string of the molecule is Cc1c(C(=O)N2CCN(S(=O)(=O)c3ccc(F)cc3F)CC2)nnn1-c1cccc([N+](=O)[O-])c1. The Balaban J connectivity index is 1.49. The van der Waals surface area contributed by atoms with Crippen LogP contribution in [0.5, 0.6) is 0 Å². The lowest BCUT2D eigenvalue weighted by Gasteiger charge is -2.33. The van der Waals surface area contributed by atoms with Crippen LogP contribution < -0.4 is 0 Å². The van der Waals surface area contributed by atoms with E-state index in [9.17, 15) is 32.1 Å². The van der Waals surface area contributed by atoms with E-state index in [0.717, 1.165) is 16.4 Å². The number of sulfonamides is 1. The molecule has 2 aromatic carbocycles. The first kappa shape index (κ1) is 23.4. The zero-order valence-electron chi connectivity index (χ0n) is 17.8. The van der Waals surface area contributed by atoms with Crippen molar-refractivity contribution in [2.45, 2.75) is 11.8 Å². The van der Waals surface area contributed by atoms with Crippen molar-refractivity contribution in [2.24, 2.45) is 0 Å². The summed E-state index contributed by atoms with van der Waals surface area (Å²) in [5.74, 6) is -2.56. The Morgan fingerprint density at radius 2 is 1.79 bits per heavy atom. The summed E-state index contributed by atoms with van der Waals surface area (Å²) in [6.45, 7) is 1.43. The number of piperazine rings is 1. The van der Waals surface area contributed by atoms with Crippen LogP contribution in [-0.2, 0) is 10.0 Å². The van der Waals surface area contributed by atoms with Gasteiger partial charge in [0.15, 0.2) is 5.69 Å². The lowest BCUT2D eigenvalue weighted by molar-refractivity contribution is -0.384. The number of nitro benzene ring substituents is 1. The summed E-state index contributed by atoms with van der Waals surface area (Å²) >= 11 is 0. The van der Waals surface area contributed by atoms with Gasteiger partial charge in [0.05, 0.1) is 16.3 Å². The highest BCUT2D eigenvalue weighted by atomic mass is 32.2. The number of carbonyl (C=O) groups excluding carboxylic acids is 1. The van der Waals surface area contributed by atoms with Gasteiger partial charge in [-0.25, -0.2) is 21.9 Å². The molecule has 1 saturated heterocycles. The number of nitro groups is 1. The molecule has 3 aromatic rings. The largest absolute Gasteiger partial charge is 0.335 e. The average molecular weight is 492 g/mol. The minimum absolute atomic E-state index is 0.0178. The van der Waals surface area contributed by atoms with Crippen molar-refractivity contribution in [3.63, 3.8) is 0 Å². The molecule has 0 bridgehead atoms. The van der Waals surface area contributed by atoms with Crippen molar-refractivity contribution < 1.29 is 26.9 Å². The highest BCUT2D eigenvalue weighted by Crippen LogP contribution is 2.23. The third kappa shape index (κ3) is 4.24. The number of benzene rings is 2. The molecule has 1 amide bonds. The number of carbonyl (C=O) groups is 1. The summed E-state index contributed by atoms with van der Waals surface area (Å²) in [5, 5.41) is 18.9. The monoisotopic (exact) mass is 492 g/mol. The molecule has 1 aliphatic heterocycles. The summed E-state index contributed by atoms with van der Waals surface area (Å²) in [4.78, 5) is 24.2. The number of hydrogen-bond donors (Lipinski definition) is 0. The van der Waals surface area contributed by atoms with E-state index in [-0.39, 0.29) is 37.6 Å². The topological polar surface area (TPSA) is 132 Å². The third-order valence-electron chi connectivity index (χ3n) is 5.42. The number of aromatic nitrogens is 3. The molecule has 0 atom stereocenters. The van der Waals surface area contributed by atoms with Crippen LogP contribution >= 0.6 is 0 Å². The predicted octanol–water partition coefficient (Wildman–Crippen LogP) is 1.91. The maximum absolute atomic E-state index is 14.0. The van der Waals surface area contributed by atoms with Crippen LogP contribution in [0.3, 0.4) is 0 Å². The van der Waals surface area contributed by atoms with Gasteiger partial charge in [-0.05, 0) is 25.1 Å². The molecule has 178 valence electrons. The lowest BCUT2D eigenvalue weighted by Crippen LogP contribution is -2.50. The molecular weight excluding hydrogens is 474 g/mol. The Bertz CT molecular complexity index is 1390. The van der Waals surface area contributed by atoms with Crippen LogP contribution in [0.15, 0.2) is 47.4 Å². The fraction of sp³-hybridized carbons (Fsp3) is 0.250. The minimum atomic E-state index is -4.21. The first-order chi connectivity index (χ1) is 16.1. The molecule has 0 aliphatic carbocycles. The number of halogens is 2. The maximum atomic E-state index is 14.0. The summed E-state index contributed by atoms with van der Waals surface area (Å²) in [6, 6.07) is 7.93. The van der Waals surface area contributed by atoms with E-state index in [2.05, 4.69) is 10.3 Å². The molecule has 0 radical (unpaired) electrons. The van der Waals surface area contributed by atoms with Gasteiger partial charge in [-0.3, -0.25) is 14.9 Å². The molecule has 0 N–H and O–H groups in total. The van der Waals surface area contributed by atoms with Crippen molar-refractivity contribution in [1.82, 2.24) is 24.2 Å². The summed E-state index contributed by atoms with van der Waals surface area (Å²) in [5.41, 5.74) is 0.590. The van der Waals surface area contributed by atoms with Gasteiger partial charge in [0.2, 0.25) is 10.0 Å². The molecule has 34 heavy (non-hydrogen) atoms. The molecule has 1 fully saturated rings. The normalized spacial score (nSPS) is 14.9. The highest BCUT2D eigenvalue weighted by Gasteiger charge is 2.33. The Morgan fingerprint density at radius 3 is 2.44 bits per heavy atom. The van der Waals surface area contributed by atoms with Crippen molar-refractivity contribution >= 4 is 21.6 Å². The first-order valence-electron chi connectivity index (χ1n) is 10.0. The number of non-ortho nitro benzene ring substituents is 1. The minimum Gasteiger partial charge on any atom is -0.335 e. The number of hydrogen-bond acceptors (Lipinski definition) is 7. The van der Waals surface area contributed by atoms with Gasteiger partial charge in [-0.15, -0.1) is 5.10 Å². The standard InChI is InChI=1S/C20H18F2N6O5S/c1-13-19(23-24-27(13)15-3-2-4-16(12-15)28(30)31)20(29)25-7-9-26(10-8-25)34(32,33)18-6-5-14(21)11-17(18)22/h2-6,11-12H,7-10H2,1H3. The van der Waals surface area contributed by atoms with E-state index >= 15 is 0 Å². The van der Waals surface area contributed by atoms with Crippen molar-refractivity contribution in [3.05, 3.63) is 75.6 Å². The molecule has 14 heteroatoms. The average Bonchev–Trinajstić information content (AvgIpc) is 3.19. The molecule has 0 unspecified atom stereocenters. The van der Waals surface area contributed by atoms with Gasteiger partial charge in [0, 0.05) is 44.4 Å². The molecule has 4 rings (SSSR count). The van der Waals surface area contributed by atoms with E-state index in [1.807, 2.05) is 0 Å². The van der Waals surface area contributed by atoms with Crippen LogP contribution in [0, 0.1) is 28.7 Å². The zero-order valence-corrected chi connectivity index (χ0v) is 18.6. The molecule has 0 saturated carbocycles. The van der Waals surface area contributed by atoms with Crippen LogP contribution in [0.2, 0.25) is 0 Å². The van der Waals surface area contributed by atoms with Crippen molar-refractivity contribution in [2.75, 3.05) is 26.2 Å². The molecule has 1 aliphatic rings. The van der Waals surface area contributed by atoms with E-state index < -0.39 is 37.4 Å². The van der Waals surface area contributed by atoms with Gasteiger partial charge < -0.3 is 4.90 Å². The van der Waals surface area contributed by atoms with Gasteiger partial charge in [-0.2, -0.15) is 4.31 Å². The Kier molecular flexibility index (Phi) is 6.10. The fourth-order valence-electron chi connectivity index (χ4n) is 3.62. The molecule has 2 heterocycles. The fourth-order valence-corrected chi connectivity index (χ4v) is 5.08. The van der Waals surface area contributed by atoms with Crippen molar-refractivity contribution in [3.8, 4) is 5.69 Å². The van der Waals surface area contributed by atoms with Crippen LogP contribution in [-0.4, -0.2) is 69.6 Å². The van der Waals surface area contributed by atoms with Crippen LogP contribution in [0.4, 0.5) is 14.5 Å². The predicted molar refractivity (Wildman–Crippen MR) is 114 cm³/mol. The lowest BCUT2D eigenvalue weighted by atomic mass is 10.2. The summed E-state index contributed by atoms with van der Waals surface area (Å²) in [7, 11) is -4.21. The Morgan fingerprint density at radius 1 is 1.09 bits per heavy atom. The number of nitrogens with zero attached hydrogens (tertiary/aromatic N) is 6. The van der Waals surface area contributed by atoms with Crippen LogP contribution in [0.25, 0.3) is 5.69 Å². The van der Waals surface area contributed by atoms with E-state index in [1.165, 1.54) is 27.8 Å². The number of amides is 1.